The van der Waals surface area contributed by atoms with Crippen molar-refractivity contribution in [2.45, 2.75) is 23.7 Å². The first-order chi connectivity index (χ1) is 8.04. The van der Waals surface area contributed by atoms with Crippen LogP contribution in [0.2, 0.25) is 0 Å². The Bertz CT molecular complexity index is 483. The third-order valence-corrected chi connectivity index (χ3v) is 6.05. The summed E-state index contributed by atoms with van der Waals surface area (Å²) in [6, 6.07) is 1.51. The van der Waals surface area contributed by atoms with E-state index in [-0.39, 0.29) is 6.10 Å². The van der Waals surface area contributed by atoms with Crippen LogP contribution in [0, 0.1) is 0 Å². The van der Waals surface area contributed by atoms with Gasteiger partial charge in [0, 0.05) is 24.2 Å². The lowest BCUT2D eigenvalue weighted by Crippen LogP contribution is -2.45. The summed E-state index contributed by atoms with van der Waals surface area (Å²) in [6.07, 6.45) is 0.814. The zero-order valence-corrected chi connectivity index (χ0v) is 11.3. The van der Waals surface area contributed by atoms with Gasteiger partial charge in [-0.2, -0.15) is 4.31 Å². The first-order valence-electron chi connectivity index (χ1n) is 5.49. The number of hydrogen-bond donors (Lipinski definition) is 1. The molecule has 1 saturated heterocycles. The Morgan fingerprint density at radius 3 is 3.00 bits per heavy atom. The Balaban J connectivity index is 2.21. The number of nitrogens with zero attached hydrogens (tertiary/aromatic N) is 1. The van der Waals surface area contributed by atoms with Crippen LogP contribution in [-0.2, 0) is 14.8 Å². The second-order valence-electron chi connectivity index (χ2n) is 3.96. The Morgan fingerprint density at radius 1 is 1.65 bits per heavy atom. The second kappa shape index (κ2) is 4.93. The van der Waals surface area contributed by atoms with Crippen LogP contribution in [0.25, 0.3) is 0 Å². The van der Waals surface area contributed by atoms with Gasteiger partial charge in [0.15, 0.2) is 0 Å². The minimum Gasteiger partial charge on any atom is -0.398 e. The van der Waals surface area contributed by atoms with Crippen molar-refractivity contribution in [3.8, 4) is 0 Å². The molecule has 1 atom stereocenters. The molecule has 5 nitrogen and oxygen atoms in total. The minimum atomic E-state index is -3.39. The van der Waals surface area contributed by atoms with E-state index in [1.165, 1.54) is 10.4 Å². The van der Waals surface area contributed by atoms with E-state index in [1.54, 1.807) is 5.38 Å². The van der Waals surface area contributed by atoms with Gasteiger partial charge in [0.25, 0.3) is 10.0 Å². The van der Waals surface area contributed by atoms with Gasteiger partial charge in [-0.3, -0.25) is 0 Å². The van der Waals surface area contributed by atoms with Crippen LogP contribution in [0.1, 0.15) is 13.3 Å². The number of nitrogen functional groups attached to an aromatic ring is 1. The quantitative estimate of drug-likeness (QED) is 0.898. The summed E-state index contributed by atoms with van der Waals surface area (Å²) >= 11 is 1.16. The molecular weight excluding hydrogens is 260 g/mol. The van der Waals surface area contributed by atoms with Gasteiger partial charge in [-0.05, 0) is 12.5 Å². The largest absolute Gasteiger partial charge is 0.398 e. The molecule has 0 saturated carbocycles. The van der Waals surface area contributed by atoms with E-state index in [0.29, 0.717) is 29.6 Å². The van der Waals surface area contributed by atoms with Crippen LogP contribution in [0.15, 0.2) is 15.7 Å². The van der Waals surface area contributed by atoms with Gasteiger partial charge in [-0.15, -0.1) is 11.3 Å². The molecule has 1 aliphatic rings. The van der Waals surface area contributed by atoms with E-state index in [9.17, 15) is 8.42 Å². The molecule has 2 rings (SSSR count). The third-order valence-electron chi connectivity index (χ3n) is 2.75. The van der Waals surface area contributed by atoms with Gasteiger partial charge in [0.2, 0.25) is 0 Å². The zero-order chi connectivity index (χ0) is 12.5. The number of thiophene rings is 1. The zero-order valence-electron chi connectivity index (χ0n) is 9.63. The molecule has 0 bridgehead atoms. The molecule has 0 radical (unpaired) electrons. The first kappa shape index (κ1) is 12.8. The molecule has 1 aromatic heterocycles. The Labute approximate surface area is 105 Å². The summed E-state index contributed by atoms with van der Waals surface area (Å²) in [5.74, 6) is 0. The molecule has 1 aromatic rings. The molecule has 1 unspecified atom stereocenters. The Morgan fingerprint density at radius 2 is 2.41 bits per heavy atom. The van der Waals surface area contributed by atoms with Crippen LogP contribution in [0.3, 0.4) is 0 Å². The third kappa shape index (κ3) is 2.62. The molecule has 2 N–H and O–H groups in total. The van der Waals surface area contributed by atoms with Crippen molar-refractivity contribution < 1.29 is 13.2 Å². The van der Waals surface area contributed by atoms with Crippen LogP contribution in [-0.4, -0.2) is 38.5 Å². The maximum Gasteiger partial charge on any atom is 0.252 e. The van der Waals surface area contributed by atoms with Gasteiger partial charge >= 0.3 is 0 Å². The van der Waals surface area contributed by atoms with Crippen LogP contribution in [0.4, 0.5) is 5.69 Å². The lowest BCUT2D eigenvalue weighted by atomic mass is 10.2. The summed E-state index contributed by atoms with van der Waals surface area (Å²) < 4.78 is 31.8. The predicted molar refractivity (Wildman–Crippen MR) is 67.5 cm³/mol. The SMILES string of the molecule is CCC1CN(S(=O)(=O)c2cc(N)cs2)CCO1. The predicted octanol–water partition coefficient (Wildman–Crippen LogP) is 1.13. The topological polar surface area (TPSA) is 72.6 Å². The van der Waals surface area contributed by atoms with E-state index in [1.807, 2.05) is 6.92 Å². The number of anilines is 1. The number of ether oxygens (including phenoxy) is 1. The fraction of sp³-hybridized carbons (Fsp3) is 0.600. The number of rotatable bonds is 3. The highest BCUT2D eigenvalue weighted by Crippen LogP contribution is 2.26. The number of nitrogens with two attached hydrogens (primary N) is 1. The number of morpholine rings is 1. The molecule has 0 amide bonds. The Hall–Kier alpha value is -0.630. The lowest BCUT2D eigenvalue weighted by Gasteiger charge is -2.31. The van der Waals surface area contributed by atoms with Crippen molar-refractivity contribution in [1.29, 1.82) is 0 Å². The number of sulfonamides is 1. The molecule has 0 spiro atoms. The van der Waals surface area contributed by atoms with E-state index in [0.717, 1.165) is 17.8 Å². The summed E-state index contributed by atoms with van der Waals surface area (Å²) in [6.45, 7) is 3.29. The standard InChI is InChI=1S/C10H16N2O3S2/c1-2-9-6-12(3-4-15-9)17(13,14)10-5-8(11)7-16-10/h5,7,9H,2-4,6,11H2,1H3. The van der Waals surface area contributed by atoms with Gasteiger partial charge < -0.3 is 10.5 Å². The first-order valence-corrected chi connectivity index (χ1v) is 7.81. The van der Waals surface area contributed by atoms with E-state index in [2.05, 4.69) is 0 Å². The van der Waals surface area contributed by atoms with Crippen molar-refractivity contribution >= 4 is 27.0 Å². The second-order valence-corrected chi connectivity index (χ2v) is 7.04. The van der Waals surface area contributed by atoms with E-state index < -0.39 is 10.0 Å². The average molecular weight is 276 g/mol. The maximum atomic E-state index is 12.3. The van der Waals surface area contributed by atoms with Crippen molar-refractivity contribution in [2.24, 2.45) is 0 Å². The molecule has 17 heavy (non-hydrogen) atoms. The van der Waals surface area contributed by atoms with Gasteiger partial charge in [0.1, 0.15) is 4.21 Å². The summed E-state index contributed by atoms with van der Waals surface area (Å²) in [5.41, 5.74) is 6.06. The van der Waals surface area contributed by atoms with Crippen molar-refractivity contribution in [1.82, 2.24) is 4.31 Å². The van der Waals surface area contributed by atoms with Gasteiger partial charge in [-0.1, -0.05) is 6.92 Å². The van der Waals surface area contributed by atoms with Gasteiger partial charge in [0.05, 0.1) is 12.7 Å². The lowest BCUT2D eigenvalue weighted by molar-refractivity contribution is -0.00272. The fourth-order valence-electron chi connectivity index (χ4n) is 1.75. The normalized spacial score (nSPS) is 22.8. The Kier molecular flexibility index (Phi) is 3.72. The fourth-order valence-corrected chi connectivity index (χ4v) is 4.44. The summed E-state index contributed by atoms with van der Waals surface area (Å²) in [5, 5.41) is 1.64. The minimum absolute atomic E-state index is 0.00386. The molecule has 7 heteroatoms. The van der Waals surface area contributed by atoms with Crippen molar-refractivity contribution in [2.75, 3.05) is 25.4 Å². The van der Waals surface area contributed by atoms with Gasteiger partial charge in [-0.25, -0.2) is 8.42 Å². The average Bonchev–Trinajstić information content (AvgIpc) is 2.76. The maximum absolute atomic E-state index is 12.3. The highest BCUT2D eigenvalue weighted by molar-refractivity contribution is 7.91. The molecule has 0 aromatic carbocycles. The molecule has 1 fully saturated rings. The highest BCUT2D eigenvalue weighted by atomic mass is 32.2. The molecular formula is C10H16N2O3S2. The monoisotopic (exact) mass is 276 g/mol. The van der Waals surface area contributed by atoms with E-state index >= 15 is 0 Å². The van der Waals surface area contributed by atoms with Crippen molar-refractivity contribution in [3.05, 3.63) is 11.4 Å². The van der Waals surface area contributed by atoms with E-state index in [4.69, 9.17) is 10.5 Å². The molecule has 96 valence electrons. The van der Waals surface area contributed by atoms with Crippen molar-refractivity contribution in [3.63, 3.8) is 0 Å². The molecule has 2 heterocycles. The number of hydrogen-bond acceptors (Lipinski definition) is 5. The smallest absolute Gasteiger partial charge is 0.252 e. The molecule has 0 aliphatic carbocycles. The summed E-state index contributed by atoms with van der Waals surface area (Å²) in [7, 11) is -3.39. The van der Waals surface area contributed by atoms with Crippen LogP contribution in [0.5, 0.6) is 0 Å². The van der Waals surface area contributed by atoms with Crippen LogP contribution >= 0.6 is 11.3 Å². The summed E-state index contributed by atoms with van der Waals surface area (Å²) in [4.78, 5) is 0. The van der Waals surface area contributed by atoms with Crippen LogP contribution < -0.4 is 5.73 Å². The highest BCUT2D eigenvalue weighted by Gasteiger charge is 2.30. The molecule has 1 aliphatic heterocycles.